The Morgan fingerprint density at radius 2 is 2.22 bits per heavy atom. The number of likely N-dealkylation sites (tertiary alicyclic amines) is 1. The summed E-state index contributed by atoms with van der Waals surface area (Å²) >= 11 is 1.84. The Hall–Kier alpha value is -0.0200. The lowest BCUT2D eigenvalue weighted by Gasteiger charge is -2.41. The molecule has 0 amide bonds. The molecule has 1 rings (SSSR count). The van der Waals surface area contributed by atoms with Gasteiger partial charge in [-0.05, 0) is 37.2 Å². The highest BCUT2D eigenvalue weighted by Crippen LogP contribution is 2.26. The minimum Gasteiger partial charge on any atom is -0.396 e. The highest BCUT2D eigenvalue weighted by Gasteiger charge is 2.26. The summed E-state index contributed by atoms with van der Waals surface area (Å²) in [6, 6.07) is 0. The highest BCUT2D eigenvalue weighted by molar-refractivity contribution is 7.99. The van der Waals surface area contributed by atoms with Gasteiger partial charge in [0.15, 0.2) is 0 Å². The van der Waals surface area contributed by atoms with Crippen LogP contribution in [0.2, 0.25) is 0 Å². The Labute approximate surface area is 117 Å². The zero-order chi connectivity index (χ0) is 13.5. The first-order valence-electron chi connectivity index (χ1n) is 6.44. The molecule has 104 valence electrons. The highest BCUT2D eigenvalue weighted by atomic mass is 32.2. The molecule has 0 aromatic heterocycles. The molecule has 1 unspecified atom stereocenters. The minimum absolute atomic E-state index is 0.325. The second-order valence-electron chi connectivity index (χ2n) is 4.80. The van der Waals surface area contributed by atoms with Crippen LogP contribution in [0.15, 0.2) is 12.3 Å². The van der Waals surface area contributed by atoms with Crippen LogP contribution in [0.25, 0.3) is 0 Å². The molecule has 0 aromatic carbocycles. The second kappa shape index (κ2) is 8.21. The number of hydrogen-bond acceptors (Lipinski definition) is 4. The van der Waals surface area contributed by atoms with Crippen molar-refractivity contribution in [2.75, 3.05) is 33.0 Å². The molecule has 5 heteroatoms. The van der Waals surface area contributed by atoms with Gasteiger partial charge in [0.05, 0.1) is 0 Å². The molecule has 1 fully saturated rings. The topological polar surface area (TPSA) is 26.7 Å². The number of aliphatic hydroxyl groups is 1. The summed E-state index contributed by atoms with van der Waals surface area (Å²) in [4.78, 5) is 4.70. The van der Waals surface area contributed by atoms with E-state index >= 15 is 0 Å². The number of nitrogens with zero attached hydrogens (tertiary/aromatic N) is 2. The van der Waals surface area contributed by atoms with Gasteiger partial charge in [-0.2, -0.15) is 0 Å². The van der Waals surface area contributed by atoms with Crippen LogP contribution in [-0.2, 0) is 0 Å². The Morgan fingerprint density at radius 3 is 2.67 bits per heavy atom. The number of aliphatic hydroxyl groups excluding tert-OH is 1. The van der Waals surface area contributed by atoms with Crippen LogP contribution in [0.1, 0.15) is 19.3 Å². The van der Waals surface area contributed by atoms with Crippen molar-refractivity contribution in [3.8, 4) is 0 Å². The summed E-state index contributed by atoms with van der Waals surface area (Å²) in [6.07, 6.45) is 5.47. The fourth-order valence-corrected chi connectivity index (χ4v) is 3.61. The SMILES string of the molecule is C=C(C=P)N(C)C(SC)N1CCC(CCO)CC1. The Bertz CT molecular complexity index is 280. The van der Waals surface area contributed by atoms with Crippen LogP contribution < -0.4 is 0 Å². The smallest absolute Gasteiger partial charge is 0.130 e. The van der Waals surface area contributed by atoms with Gasteiger partial charge in [-0.15, -0.1) is 20.6 Å². The van der Waals surface area contributed by atoms with Gasteiger partial charge in [0.2, 0.25) is 0 Å². The van der Waals surface area contributed by atoms with Crippen LogP contribution >= 0.6 is 20.6 Å². The van der Waals surface area contributed by atoms with Crippen LogP contribution in [0.5, 0.6) is 0 Å². The maximum absolute atomic E-state index is 8.99. The molecule has 1 N–H and O–H groups in total. The van der Waals surface area contributed by atoms with E-state index in [1.54, 1.807) is 0 Å². The molecule has 3 nitrogen and oxygen atoms in total. The Balaban J connectivity index is 2.52. The second-order valence-corrected chi connectivity index (χ2v) is 5.98. The van der Waals surface area contributed by atoms with Gasteiger partial charge in [0.1, 0.15) is 5.50 Å². The molecule has 0 bridgehead atoms. The normalized spacial score (nSPS) is 19.5. The maximum Gasteiger partial charge on any atom is 0.130 e. The fraction of sp³-hybridized carbons (Fsp3) is 0.769. The largest absolute Gasteiger partial charge is 0.396 e. The lowest BCUT2D eigenvalue weighted by atomic mass is 9.94. The first kappa shape index (κ1) is 16.0. The van der Waals surface area contributed by atoms with E-state index in [4.69, 9.17) is 5.11 Å². The summed E-state index contributed by atoms with van der Waals surface area (Å²) in [5.41, 5.74) is 1.34. The van der Waals surface area contributed by atoms with Crippen molar-refractivity contribution in [3.63, 3.8) is 0 Å². The standard InChI is InChI=1S/C13H25N2OPS/c1-11(10-17)14(2)13(18-3)15-7-4-12(5-8-15)6-9-16/h10,12-13,16-17H,1,4-9H2,2-3H3. The van der Waals surface area contributed by atoms with Crippen molar-refractivity contribution < 1.29 is 5.11 Å². The maximum atomic E-state index is 8.99. The Kier molecular flexibility index (Phi) is 7.31. The van der Waals surface area contributed by atoms with Crippen molar-refractivity contribution in [1.29, 1.82) is 0 Å². The van der Waals surface area contributed by atoms with Gasteiger partial charge in [0.25, 0.3) is 0 Å². The van der Waals surface area contributed by atoms with E-state index in [1.165, 1.54) is 12.8 Å². The van der Waals surface area contributed by atoms with Crippen molar-refractivity contribution in [2.24, 2.45) is 5.92 Å². The predicted octanol–water partition coefficient (Wildman–Crippen LogP) is 2.12. The van der Waals surface area contributed by atoms with E-state index < -0.39 is 0 Å². The molecule has 0 spiro atoms. The lowest BCUT2D eigenvalue weighted by Crippen LogP contribution is -2.47. The van der Waals surface area contributed by atoms with Crippen molar-refractivity contribution in [2.45, 2.75) is 24.8 Å². The molecule has 0 aliphatic carbocycles. The van der Waals surface area contributed by atoms with Crippen LogP contribution in [0, 0.1) is 5.92 Å². The van der Waals surface area contributed by atoms with Gasteiger partial charge in [-0.1, -0.05) is 6.58 Å². The quantitative estimate of drug-likeness (QED) is 0.573. The van der Waals surface area contributed by atoms with Gasteiger partial charge in [-0.25, -0.2) is 0 Å². The van der Waals surface area contributed by atoms with E-state index in [9.17, 15) is 0 Å². The van der Waals surface area contributed by atoms with Crippen LogP contribution in [0.4, 0.5) is 0 Å². The van der Waals surface area contributed by atoms with E-state index in [1.807, 2.05) is 17.6 Å². The minimum atomic E-state index is 0.325. The molecule has 0 aromatic rings. The third-order valence-corrected chi connectivity index (χ3v) is 5.03. The first-order valence-corrected chi connectivity index (χ1v) is 8.30. The zero-order valence-corrected chi connectivity index (χ0v) is 13.2. The third kappa shape index (κ3) is 4.27. The number of hydrogen-bond donors (Lipinski definition) is 1. The summed E-state index contributed by atoms with van der Waals surface area (Å²) in [5.74, 6) is 2.56. The molecule has 0 radical (unpaired) electrons. The molecule has 18 heavy (non-hydrogen) atoms. The van der Waals surface area contributed by atoms with Crippen LogP contribution in [-0.4, -0.2) is 59.2 Å². The van der Waals surface area contributed by atoms with Crippen molar-refractivity contribution in [1.82, 2.24) is 9.80 Å². The number of rotatable bonds is 7. The number of piperidine rings is 1. The molecule has 1 atom stereocenters. The Morgan fingerprint density at radius 1 is 1.61 bits per heavy atom. The molecular formula is C13H25N2OPS. The van der Waals surface area contributed by atoms with E-state index in [2.05, 4.69) is 38.5 Å². The van der Waals surface area contributed by atoms with Gasteiger partial charge >= 0.3 is 0 Å². The lowest BCUT2D eigenvalue weighted by molar-refractivity contribution is 0.101. The molecule has 0 saturated carbocycles. The van der Waals surface area contributed by atoms with Gasteiger partial charge in [0, 0.05) is 32.4 Å². The first-order chi connectivity index (χ1) is 8.63. The molecule has 1 aliphatic rings. The number of allylic oxidation sites excluding steroid dienone is 1. The molecule has 1 heterocycles. The summed E-state index contributed by atoms with van der Waals surface area (Å²) in [7, 11) is 5.48. The van der Waals surface area contributed by atoms with E-state index in [0.29, 0.717) is 18.0 Å². The van der Waals surface area contributed by atoms with Gasteiger partial charge < -0.3 is 10.0 Å². The monoisotopic (exact) mass is 288 g/mol. The summed E-state index contributed by atoms with van der Waals surface area (Å²) < 4.78 is 0. The average molecular weight is 288 g/mol. The van der Waals surface area contributed by atoms with Crippen LogP contribution in [0.3, 0.4) is 0 Å². The third-order valence-electron chi connectivity index (χ3n) is 3.66. The predicted molar refractivity (Wildman–Crippen MR) is 84.6 cm³/mol. The molecular weight excluding hydrogens is 263 g/mol. The molecule has 1 saturated heterocycles. The average Bonchev–Trinajstić information content (AvgIpc) is 2.40. The summed E-state index contributed by atoms with van der Waals surface area (Å²) in [6.45, 7) is 6.57. The molecule has 1 aliphatic heterocycles. The number of thioether (sulfide) groups is 1. The van der Waals surface area contributed by atoms with E-state index in [0.717, 1.165) is 25.2 Å². The van der Waals surface area contributed by atoms with Crippen molar-refractivity contribution >= 4 is 26.4 Å². The van der Waals surface area contributed by atoms with E-state index in [-0.39, 0.29) is 0 Å². The zero-order valence-electron chi connectivity index (χ0n) is 11.4. The van der Waals surface area contributed by atoms with Gasteiger partial charge in [-0.3, -0.25) is 4.90 Å². The van der Waals surface area contributed by atoms with Crippen molar-refractivity contribution in [3.05, 3.63) is 12.3 Å². The fourth-order valence-electron chi connectivity index (χ4n) is 2.44. The summed E-state index contributed by atoms with van der Waals surface area (Å²) in [5, 5.41) is 8.99.